The summed E-state index contributed by atoms with van der Waals surface area (Å²) in [7, 11) is 0. The van der Waals surface area contributed by atoms with Crippen LogP contribution in [0.3, 0.4) is 0 Å². The van der Waals surface area contributed by atoms with Gasteiger partial charge in [-0.25, -0.2) is 14.4 Å². The average molecular weight is 304 g/mol. The molecule has 0 amide bonds. The SMILES string of the molecule is CCNC(=NCc1ccc(F)cc1)NCc1nc(C)c(C)o1. The van der Waals surface area contributed by atoms with Gasteiger partial charge in [0.15, 0.2) is 5.96 Å². The standard InChI is InChI=1S/C16H21FN4O/c1-4-18-16(19-9-13-5-7-14(17)8-6-13)20-10-15-21-11(2)12(3)22-15/h5-8H,4,9-10H2,1-3H3,(H2,18,19,20). The van der Waals surface area contributed by atoms with Gasteiger partial charge in [0.25, 0.3) is 0 Å². The predicted molar refractivity (Wildman–Crippen MR) is 84.0 cm³/mol. The zero-order chi connectivity index (χ0) is 15.9. The van der Waals surface area contributed by atoms with Crippen molar-refractivity contribution in [2.24, 2.45) is 4.99 Å². The molecule has 5 nitrogen and oxygen atoms in total. The molecule has 6 heteroatoms. The maximum Gasteiger partial charge on any atom is 0.214 e. The van der Waals surface area contributed by atoms with Gasteiger partial charge in [-0.2, -0.15) is 0 Å². The molecular formula is C16H21FN4O. The van der Waals surface area contributed by atoms with E-state index in [4.69, 9.17) is 4.42 Å². The molecule has 0 saturated heterocycles. The van der Waals surface area contributed by atoms with Gasteiger partial charge in [-0.3, -0.25) is 0 Å². The van der Waals surface area contributed by atoms with Crippen LogP contribution in [-0.2, 0) is 13.1 Å². The van der Waals surface area contributed by atoms with Crippen molar-refractivity contribution in [1.29, 1.82) is 0 Å². The van der Waals surface area contributed by atoms with E-state index in [1.165, 1.54) is 12.1 Å². The molecule has 0 fully saturated rings. The van der Waals surface area contributed by atoms with Crippen LogP contribution in [0.1, 0.15) is 29.8 Å². The normalized spacial score (nSPS) is 11.5. The second-order valence-electron chi connectivity index (χ2n) is 4.92. The number of aryl methyl sites for hydroxylation is 2. The van der Waals surface area contributed by atoms with Crippen molar-refractivity contribution in [2.75, 3.05) is 6.54 Å². The number of nitrogens with zero attached hydrogens (tertiary/aromatic N) is 2. The number of hydrogen-bond acceptors (Lipinski definition) is 3. The van der Waals surface area contributed by atoms with Crippen LogP contribution in [0, 0.1) is 19.7 Å². The highest BCUT2D eigenvalue weighted by Gasteiger charge is 2.06. The number of halogens is 1. The number of rotatable bonds is 5. The third-order valence-electron chi connectivity index (χ3n) is 3.16. The molecule has 118 valence electrons. The van der Waals surface area contributed by atoms with Crippen LogP contribution in [-0.4, -0.2) is 17.5 Å². The summed E-state index contributed by atoms with van der Waals surface area (Å²) in [5.41, 5.74) is 1.84. The Balaban J connectivity index is 1.96. The Morgan fingerprint density at radius 1 is 1.23 bits per heavy atom. The Bertz CT molecular complexity index is 615. The minimum atomic E-state index is -0.243. The fraction of sp³-hybridized carbons (Fsp3) is 0.375. The average Bonchev–Trinajstić information content (AvgIpc) is 2.82. The topological polar surface area (TPSA) is 62.5 Å². The number of nitrogens with one attached hydrogen (secondary N) is 2. The first-order chi connectivity index (χ1) is 10.6. The van der Waals surface area contributed by atoms with Crippen molar-refractivity contribution in [3.05, 3.63) is 53.0 Å². The molecule has 0 unspecified atom stereocenters. The lowest BCUT2D eigenvalue weighted by Crippen LogP contribution is -2.36. The van der Waals surface area contributed by atoms with Crippen molar-refractivity contribution in [1.82, 2.24) is 15.6 Å². The fourth-order valence-corrected chi connectivity index (χ4v) is 1.88. The van der Waals surface area contributed by atoms with E-state index in [0.717, 1.165) is 23.6 Å². The van der Waals surface area contributed by atoms with E-state index in [1.54, 1.807) is 12.1 Å². The van der Waals surface area contributed by atoms with E-state index in [1.807, 2.05) is 20.8 Å². The van der Waals surface area contributed by atoms with Crippen molar-refractivity contribution in [3.63, 3.8) is 0 Å². The molecule has 0 saturated carbocycles. The van der Waals surface area contributed by atoms with Crippen LogP contribution < -0.4 is 10.6 Å². The van der Waals surface area contributed by atoms with Crippen LogP contribution in [0.4, 0.5) is 4.39 Å². The van der Waals surface area contributed by atoms with Gasteiger partial charge in [0, 0.05) is 6.54 Å². The van der Waals surface area contributed by atoms with Gasteiger partial charge in [0.2, 0.25) is 5.89 Å². The van der Waals surface area contributed by atoms with Gasteiger partial charge in [-0.05, 0) is 38.5 Å². The Labute approximate surface area is 129 Å². The molecule has 1 heterocycles. The Hall–Kier alpha value is -2.37. The molecule has 22 heavy (non-hydrogen) atoms. The first-order valence-electron chi connectivity index (χ1n) is 7.28. The molecule has 2 N–H and O–H groups in total. The summed E-state index contributed by atoms with van der Waals surface area (Å²) >= 11 is 0. The zero-order valence-corrected chi connectivity index (χ0v) is 13.1. The summed E-state index contributed by atoms with van der Waals surface area (Å²) in [5, 5.41) is 6.32. The lowest BCUT2D eigenvalue weighted by atomic mass is 10.2. The van der Waals surface area contributed by atoms with Crippen molar-refractivity contribution in [3.8, 4) is 0 Å². The molecule has 0 radical (unpaired) electrons. The van der Waals surface area contributed by atoms with Gasteiger partial charge in [0.05, 0.1) is 18.8 Å². The second-order valence-corrected chi connectivity index (χ2v) is 4.92. The van der Waals surface area contributed by atoms with Crippen LogP contribution in [0.25, 0.3) is 0 Å². The van der Waals surface area contributed by atoms with E-state index < -0.39 is 0 Å². The number of aromatic nitrogens is 1. The Kier molecular flexibility index (Phi) is 5.52. The maximum atomic E-state index is 12.9. The van der Waals surface area contributed by atoms with Crippen LogP contribution in [0.15, 0.2) is 33.7 Å². The fourth-order valence-electron chi connectivity index (χ4n) is 1.88. The highest BCUT2D eigenvalue weighted by Crippen LogP contribution is 2.08. The molecule has 2 aromatic rings. The molecule has 1 aromatic heterocycles. The maximum absolute atomic E-state index is 12.9. The summed E-state index contributed by atoms with van der Waals surface area (Å²) in [6.45, 7) is 7.48. The second kappa shape index (κ2) is 7.59. The van der Waals surface area contributed by atoms with Gasteiger partial charge in [-0.15, -0.1) is 0 Å². The van der Waals surface area contributed by atoms with Gasteiger partial charge in [0.1, 0.15) is 11.6 Å². The predicted octanol–water partition coefficient (Wildman–Crippen LogP) is 2.69. The molecule has 2 rings (SSSR count). The number of guanidine groups is 1. The van der Waals surface area contributed by atoms with Crippen molar-refractivity contribution >= 4 is 5.96 Å². The highest BCUT2D eigenvalue weighted by molar-refractivity contribution is 5.79. The smallest absolute Gasteiger partial charge is 0.214 e. The Morgan fingerprint density at radius 3 is 2.55 bits per heavy atom. The highest BCUT2D eigenvalue weighted by atomic mass is 19.1. The quantitative estimate of drug-likeness (QED) is 0.658. The summed E-state index contributed by atoms with van der Waals surface area (Å²) in [6.07, 6.45) is 0. The molecule has 0 aliphatic rings. The largest absolute Gasteiger partial charge is 0.444 e. The molecule has 0 aliphatic carbocycles. The minimum Gasteiger partial charge on any atom is -0.444 e. The van der Waals surface area contributed by atoms with Gasteiger partial charge >= 0.3 is 0 Å². The molecule has 0 bridgehead atoms. The molecular weight excluding hydrogens is 283 g/mol. The monoisotopic (exact) mass is 304 g/mol. The van der Waals surface area contributed by atoms with E-state index in [2.05, 4.69) is 20.6 Å². The number of oxazole rings is 1. The molecule has 0 atom stereocenters. The van der Waals surface area contributed by atoms with E-state index in [-0.39, 0.29) is 5.82 Å². The number of benzene rings is 1. The number of aliphatic imine (C=N–C) groups is 1. The summed E-state index contributed by atoms with van der Waals surface area (Å²) in [5.74, 6) is 1.88. The van der Waals surface area contributed by atoms with Crippen molar-refractivity contribution in [2.45, 2.75) is 33.9 Å². The van der Waals surface area contributed by atoms with E-state index in [0.29, 0.717) is 24.9 Å². The third-order valence-corrected chi connectivity index (χ3v) is 3.16. The number of hydrogen-bond donors (Lipinski definition) is 2. The molecule has 0 aliphatic heterocycles. The Morgan fingerprint density at radius 2 is 1.95 bits per heavy atom. The summed E-state index contributed by atoms with van der Waals surface area (Å²) in [6, 6.07) is 6.32. The third kappa shape index (κ3) is 4.58. The summed E-state index contributed by atoms with van der Waals surface area (Å²) < 4.78 is 18.4. The lowest BCUT2D eigenvalue weighted by Gasteiger charge is -2.09. The zero-order valence-electron chi connectivity index (χ0n) is 13.1. The van der Waals surface area contributed by atoms with E-state index in [9.17, 15) is 4.39 Å². The van der Waals surface area contributed by atoms with Gasteiger partial charge in [-0.1, -0.05) is 12.1 Å². The van der Waals surface area contributed by atoms with Crippen molar-refractivity contribution < 1.29 is 8.81 Å². The molecule has 1 aromatic carbocycles. The first kappa shape index (κ1) is 16.0. The van der Waals surface area contributed by atoms with Crippen LogP contribution in [0.2, 0.25) is 0 Å². The van der Waals surface area contributed by atoms with Gasteiger partial charge < -0.3 is 15.1 Å². The minimum absolute atomic E-state index is 0.243. The van der Waals surface area contributed by atoms with E-state index >= 15 is 0 Å². The first-order valence-corrected chi connectivity index (χ1v) is 7.28. The van der Waals surface area contributed by atoms with Crippen LogP contribution >= 0.6 is 0 Å². The molecule has 0 spiro atoms. The van der Waals surface area contributed by atoms with Crippen LogP contribution in [0.5, 0.6) is 0 Å². The summed E-state index contributed by atoms with van der Waals surface area (Å²) in [4.78, 5) is 8.78. The lowest BCUT2D eigenvalue weighted by molar-refractivity contribution is 0.463.